The van der Waals surface area contributed by atoms with Crippen LogP contribution in [-0.2, 0) is 4.79 Å². The van der Waals surface area contributed by atoms with Gasteiger partial charge in [0.25, 0.3) is 5.91 Å². The van der Waals surface area contributed by atoms with Crippen LogP contribution in [0.4, 0.5) is 0 Å². The number of ether oxygens (including phenoxy) is 1. The van der Waals surface area contributed by atoms with E-state index in [0.717, 1.165) is 37.3 Å². The van der Waals surface area contributed by atoms with E-state index in [1.807, 2.05) is 53.4 Å². The van der Waals surface area contributed by atoms with Crippen molar-refractivity contribution in [3.8, 4) is 5.75 Å². The Morgan fingerprint density at radius 2 is 1.95 bits per heavy atom. The summed E-state index contributed by atoms with van der Waals surface area (Å²) in [5.74, 6) is 0.751. The summed E-state index contributed by atoms with van der Waals surface area (Å²) in [5.41, 5.74) is 0.968. The smallest absolute Gasteiger partial charge is 0.261 e. The van der Waals surface area contributed by atoms with Gasteiger partial charge in [0.1, 0.15) is 5.75 Å². The zero-order valence-corrected chi connectivity index (χ0v) is 12.5. The molecule has 0 bridgehead atoms. The number of benzene rings is 1. The van der Waals surface area contributed by atoms with Crippen LogP contribution in [0.2, 0.25) is 0 Å². The highest BCUT2D eigenvalue weighted by Gasteiger charge is 2.28. The van der Waals surface area contributed by atoms with Crippen molar-refractivity contribution in [2.75, 3.05) is 13.2 Å². The Hall–Kier alpha value is -2.36. The van der Waals surface area contributed by atoms with Gasteiger partial charge in [0.05, 0.1) is 11.7 Å². The zero-order valence-electron chi connectivity index (χ0n) is 12.5. The van der Waals surface area contributed by atoms with Crippen LogP contribution >= 0.6 is 0 Å². The van der Waals surface area contributed by atoms with Crippen LogP contribution in [-0.4, -0.2) is 28.9 Å². The molecule has 1 amide bonds. The first-order chi connectivity index (χ1) is 10.8. The van der Waals surface area contributed by atoms with E-state index in [4.69, 9.17) is 4.74 Å². The predicted octanol–water partition coefficient (Wildman–Crippen LogP) is 3.21. The molecule has 4 heteroatoms. The van der Waals surface area contributed by atoms with E-state index >= 15 is 0 Å². The standard InChI is InChI=1S/C18H20N2O2/c21-18(14-22-15-8-2-1-3-9-15)20-13-7-5-11-17(20)16-10-4-6-12-19-16/h1-4,6,8-10,12,17H,5,7,11,13-14H2/t17-/m1/s1. The minimum absolute atomic E-state index is 0.0270. The summed E-state index contributed by atoms with van der Waals surface area (Å²) in [6.45, 7) is 0.853. The van der Waals surface area contributed by atoms with Crippen LogP contribution < -0.4 is 4.74 Å². The van der Waals surface area contributed by atoms with Crippen molar-refractivity contribution in [3.05, 3.63) is 60.4 Å². The third kappa shape index (κ3) is 3.45. The molecule has 0 saturated carbocycles. The van der Waals surface area contributed by atoms with Gasteiger partial charge in [0.15, 0.2) is 6.61 Å². The molecule has 1 aliphatic rings. The molecule has 1 aromatic heterocycles. The largest absolute Gasteiger partial charge is 0.484 e. The topological polar surface area (TPSA) is 42.4 Å². The molecule has 2 heterocycles. The van der Waals surface area contributed by atoms with Gasteiger partial charge in [0.2, 0.25) is 0 Å². The number of amides is 1. The third-order valence-electron chi connectivity index (χ3n) is 3.96. The Bertz CT molecular complexity index is 601. The Morgan fingerprint density at radius 1 is 1.14 bits per heavy atom. The van der Waals surface area contributed by atoms with Crippen molar-refractivity contribution in [3.63, 3.8) is 0 Å². The number of nitrogens with zero attached hydrogens (tertiary/aromatic N) is 2. The molecule has 114 valence electrons. The second kappa shape index (κ2) is 7.07. The number of pyridine rings is 1. The van der Waals surface area contributed by atoms with Crippen molar-refractivity contribution < 1.29 is 9.53 Å². The fourth-order valence-electron chi connectivity index (χ4n) is 2.86. The second-order valence-corrected chi connectivity index (χ2v) is 5.46. The summed E-state index contributed by atoms with van der Waals surface area (Å²) in [6, 6.07) is 15.4. The Morgan fingerprint density at radius 3 is 2.73 bits per heavy atom. The van der Waals surface area contributed by atoms with Crippen LogP contribution in [0.1, 0.15) is 31.0 Å². The highest BCUT2D eigenvalue weighted by Crippen LogP contribution is 2.29. The first kappa shape index (κ1) is 14.6. The van der Waals surface area contributed by atoms with Crippen molar-refractivity contribution in [1.29, 1.82) is 0 Å². The summed E-state index contributed by atoms with van der Waals surface area (Å²) in [4.78, 5) is 18.9. The summed E-state index contributed by atoms with van der Waals surface area (Å²) < 4.78 is 5.59. The molecule has 1 atom stereocenters. The molecule has 3 rings (SSSR count). The number of piperidine rings is 1. The Kier molecular flexibility index (Phi) is 4.68. The van der Waals surface area contributed by atoms with Gasteiger partial charge in [-0.1, -0.05) is 24.3 Å². The lowest BCUT2D eigenvalue weighted by molar-refractivity contribution is -0.137. The molecular weight excluding hydrogens is 276 g/mol. The van der Waals surface area contributed by atoms with Crippen LogP contribution in [0.5, 0.6) is 5.75 Å². The average Bonchev–Trinajstić information content (AvgIpc) is 2.61. The average molecular weight is 296 g/mol. The molecular formula is C18H20N2O2. The number of aromatic nitrogens is 1. The van der Waals surface area contributed by atoms with Gasteiger partial charge in [-0.3, -0.25) is 9.78 Å². The highest BCUT2D eigenvalue weighted by atomic mass is 16.5. The quantitative estimate of drug-likeness (QED) is 0.870. The van der Waals surface area contributed by atoms with E-state index < -0.39 is 0 Å². The van der Waals surface area contributed by atoms with E-state index in [-0.39, 0.29) is 18.6 Å². The van der Waals surface area contributed by atoms with Crippen LogP contribution in [0.15, 0.2) is 54.7 Å². The normalized spacial score (nSPS) is 18.0. The van der Waals surface area contributed by atoms with Gasteiger partial charge < -0.3 is 9.64 Å². The Balaban J connectivity index is 1.66. The van der Waals surface area contributed by atoms with Gasteiger partial charge in [-0.25, -0.2) is 0 Å². The number of hydrogen-bond donors (Lipinski definition) is 0. The van der Waals surface area contributed by atoms with Gasteiger partial charge in [0, 0.05) is 12.7 Å². The van der Waals surface area contributed by atoms with Crippen molar-refractivity contribution in [2.24, 2.45) is 0 Å². The molecule has 1 saturated heterocycles. The third-order valence-corrected chi connectivity index (χ3v) is 3.96. The molecule has 0 aliphatic carbocycles. The lowest BCUT2D eigenvalue weighted by Crippen LogP contribution is -2.41. The number of hydrogen-bond acceptors (Lipinski definition) is 3. The van der Waals surface area contributed by atoms with Gasteiger partial charge in [-0.15, -0.1) is 0 Å². The van der Waals surface area contributed by atoms with E-state index in [9.17, 15) is 4.79 Å². The maximum absolute atomic E-state index is 12.5. The van der Waals surface area contributed by atoms with Crippen molar-refractivity contribution >= 4 is 5.91 Å². The van der Waals surface area contributed by atoms with Crippen molar-refractivity contribution in [2.45, 2.75) is 25.3 Å². The van der Waals surface area contributed by atoms with Gasteiger partial charge >= 0.3 is 0 Å². The molecule has 0 unspecified atom stereocenters. The number of likely N-dealkylation sites (tertiary alicyclic amines) is 1. The van der Waals surface area contributed by atoms with Crippen LogP contribution in [0.25, 0.3) is 0 Å². The maximum Gasteiger partial charge on any atom is 0.261 e. The maximum atomic E-state index is 12.5. The van der Waals surface area contributed by atoms with Crippen molar-refractivity contribution in [1.82, 2.24) is 9.88 Å². The monoisotopic (exact) mass is 296 g/mol. The summed E-state index contributed by atoms with van der Waals surface area (Å²) in [7, 11) is 0. The number of carbonyl (C=O) groups excluding carboxylic acids is 1. The highest BCUT2D eigenvalue weighted by molar-refractivity contribution is 5.78. The van der Waals surface area contributed by atoms with Crippen LogP contribution in [0, 0.1) is 0 Å². The molecule has 0 N–H and O–H groups in total. The lowest BCUT2D eigenvalue weighted by atomic mass is 9.99. The summed E-state index contributed by atoms with van der Waals surface area (Å²) in [6.07, 6.45) is 4.92. The van der Waals surface area contributed by atoms with E-state index in [1.165, 1.54) is 0 Å². The van der Waals surface area contributed by atoms with Gasteiger partial charge in [-0.05, 0) is 43.5 Å². The number of carbonyl (C=O) groups is 1. The zero-order chi connectivity index (χ0) is 15.2. The lowest BCUT2D eigenvalue weighted by Gasteiger charge is -2.35. The first-order valence-corrected chi connectivity index (χ1v) is 7.73. The second-order valence-electron chi connectivity index (χ2n) is 5.46. The molecule has 2 aromatic rings. The van der Waals surface area contributed by atoms with Gasteiger partial charge in [-0.2, -0.15) is 0 Å². The molecule has 1 aromatic carbocycles. The number of rotatable bonds is 4. The Labute approximate surface area is 130 Å². The fraction of sp³-hybridized carbons (Fsp3) is 0.333. The SMILES string of the molecule is O=C(COc1ccccc1)N1CCCC[C@@H]1c1ccccn1. The molecule has 4 nitrogen and oxygen atoms in total. The van der Waals surface area contributed by atoms with Crippen LogP contribution in [0.3, 0.4) is 0 Å². The summed E-state index contributed by atoms with van der Waals surface area (Å²) in [5, 5.41) is 0. The minimum atomic E-state index is 0.0270. The van der Waals surface area contributed by atoms with E-state index in [1.54, 1.807) is 6.20 Å². The van der Waals surface area contributed by atoms with E-state index in [2.05, 4.69) is 4.98 Å². The molecule has 1 fully saturated rings. The molecule has 22 heavy (non-hydrogen) atoms. The predicted molar refractivity (Wildman–Crippen MR) is 84.5 cm³/mol. The molecule has 0 spiro atoms. The first-order valence-electron chi connectivity index (χ1n) is 7.73. The molecule has 0 radical (unpaired) electrons. The van der Waals surface area contributed by atoms with E-state index in [0.29, 0.717) is 0 Å². The number of para-hydroxylation sites is 1. The minimum Gasteiger partial charge on any atom is -0.484 e. The fourth-order valence-corrected chi connectivity index (χ4v) is 2.86. The molecule has 1 aliphatic heterocycles. The summed E-state index contributed by atoms with van der Waals surface area (Å²) >= 11 is 0.